The van der Waals surface area contributed by atoms with Gasteiger partial charge in [0.05, 0.1) is 26.8 Å². The minimum atomic E-state index is -4.65. The highest BCUT2D eigenvalue weighted by molar-refractivity contribution is 7.15. The maximum Gasteiger partial charge on any atom is 0.420 e. The summed E-state index contributed by atoms with van der Waals surface area (Å²) in [4.78, 5) is 23.5. The molecule has 4 heterocycles. The molecule has 2 N–H and O–H groups in total. The molecule has 0 fully saturated rings. The molecule has 0 saturated heterocycles. The number of carbonyl (C=O) groups is 1. The van der Waals surface area contributed by atoms with E-state index in [-0.39, 0.29) is 22.4 Å². The maximum absolute atomic E-state index is 13.8. The third-order valence-electron chi connectivity index (χ3n) is 6.03. The smallest absolute Gasteiger partial charge is 0.342 e. The van der Waals surface area contributed by atoms with Gasteiger partial charge in [-0.05, 0) is 55.1 Å². The molecule has 5 rings (SSSR count). The number of aromatic nitrogens is 2. The number of hydrogen-bond acceptors (Lipinski definition) is 6. The second-order valence-electron chi connectivity index (χ2n) is 8.38. The minimum Gasteiger partial charge on any atom is -0.342 e. The van der Waals surface area contributed by atoms with Crippen LogP contribution in [0.3, 0.4) is 0 Å². The molecular weight excluding hydrogens is 487 g/mol. The number of thiophene rings is 1. The molecule has 2 aliphatic heterocycles. The summed E-state index contributed by atoms with van der Waals surface area (Å²) in [5.41, 5.74) is 1.97. The number of rotatable bonds is 3. The third-order valence-corrected chi connectivity index (χ3v) is 7.55. The van der Waals surface area contributed by atoms with E-state index in [2.05, 4.69) is 20.6 Å². The normalized spacial score (nSPS) is 16.1. The maximum atomic E-state index is 13.8. The Bertz CT molecular complexity index is 1280. The Labute approximate surface area is 203 Å². The van der Waals surface area contributed by atoms with Gasteiger partial charge in [-0.15, -0.1) is 11.3 Å². The predicted octanol–water partition coefficient (Wildman–Crippen LogP) is 5.28. The molecule has 0 aliphatic carbocycles. The van der Waals surface area contributed by atoms with Crippen molar-refractivity contribution >= 4 is 40.5 Å². The summed E-state index contributed by atoms with van der Waals surface area (Å²) < 4.78 is 41.5. The second kappa shape index (κ2) is 8.83. The number of fused-ring (bicyclic) bond motifs is 2. The number of aryl methyl sites for hydroxylation is 1. The van der Waals surface area contributed by atoms with Crippen LogP contribution in [0.1, 0.15) is 38.3 Å². The molecule has 34 heavy (non-hydrogen) atoms. The van der Waals surface area contributed by atoms with Gasteiger partial charge in [0, 0.05) is 31.2 Å². The molecule has 1 aromatic carbocycles. The largest absolute Gasteiger partial charge is 0.420 e. The summed E-state index contributed by atoms with van der Waals surface area (Å²) in [6.45, 7) is 2.17. The summed E-state index contributed by atoms with van der Waals surface area (Å²) in [7, 11) is 1.70. The summed E-state index contributed by atoms with van der Waals surface area (Å²) in [5, 5.41) is 6.70. The molecule has 2 aromatic heterocycles. The van der Waals surface area contributed by atoms with Crippen LogP contribution in [0, 0.1) is 0 Å². The zero-order valence-corrected chi connectivity index (χ0v) is 19.8. The number of anilines is 2. The second-order valence-corrected chi connectivity index (χ2v) is 9.93. The van der Waals surface area contributed by atoms with Crippen molar-refractivity contribution in [2.75, 3.05) is 25.5 Å². The first-order chi connectivity index (χ1) is 16.2. The summed E-state index contributed by atoms with van der Waals surface area (Å²) in [5.74, 6) is -0.183. The van der Waals surface area contributed by atoms with Crippen LogP contribution in [0.15, 0.2) is 24.4 Å². The molecule has 3 aromatic rings. The lowest BCUT2D eigenvalue weighted by atomic mass is 10.0. The van der Waals surface area contributed by atoms with Crippen LogP contribution < -0.4 is 10.6 Å². The Morgan fingerprint density at radius 1 is 1.21 bits per heavy atom. The number of benzene rings is 1. The van der Waals surface area contributed by atoms with E-state index in [0.717, 1.165) is 41.6 Å². The first-order valence-corrected chi connectivity index (χ1v) is 12.0. The van der Waals surface area contributed by atoms with Gasteiger partial charge in [-0.1, -0.05) is 11.6 Å². The van der Waals surface area contributed by atoms with Crippen molar-refractivity contribution in [3.8, 4) is 10.6 Å². The molecule has 0 radical (unpaired) electrons. The first kappa shape index (κ1) is 23.1. The van der Waals surface area contributed by atoms with Crippen molar-refractivity contribution in [1.82, 2.24) is 20.2 Å². The van der Waals surface area contributed by atoms with Crippen LogP contribution in [0.5, 0.6) is 0 Å². The van der Waals surface area contributed by atoms with Crippen molar-refractivity contribution in [3.63, 3.8) is 0 Å². The van der Waals surface area contributed by atoms with E-state index in [1.807, 2.05) is 12.1 Å². The number of halogens is 4. The fraction of sp³-hybridized carbons (Fsp3) is 0.348. The van der Waals surface area contributed by atoms with E-state index >= 15 is 0 Å². The van der Waals surface area contributed by atoms with Crippen LogP contribution in [0.2, 0.25) is 5.02 Å². The molecule has 0 atom stereocenters. The van der Waals surface area contributed by atoms with Crippen molar-refractivity contribution in [2.45, 2.75) is 32.0 Å². The number of nitrogens with one attached hydrogen (secondary N) is 2. The van der Waals surface area contributed by atoms with Crippen LogP contribution in [-0.4, -0.2) is 40.9 Å². The summed E-state index contributed by atoms with van der Waals surface area (Å²) >= 11 is 7.60. The fourth-order valence-electron chi connectivity index (χ4n) is 4.25. The Kier molecular flexibility index (Phi) is 5.99. The SMILES string of the molecule is CN1CCCc2sc(-c3nc(Nc4cc5c(cc4Cl)CNCC5)ncc3C(F)(F)F)cc2C1=O. The molecule has 6 nitrogen and oxygen atoms in total. The van der Waals surface area contributed by atoms with Crippen LogP contribution in [0.25, 0.3) is 10.6 Å². The van der Waals surface area contributed by atoms with Crippen molar-refractivity contribution < 1.29 is 18.0 Å². The van der Waals surface area contributed by atoms with Crippen molar-refractivity contribution in [2.24, 2.45) is 0 Å². The van der Waals surface area contributed by atoms with Gasteiger partial charge in [0.2, 0.25) is 5.95 Å². The number of amides is 1. The van der Waals surface area contributed by atoms with Gasteiger partial charge < -0.3 is 15.5 Å². The lowest BCUT2D eigenvalue weighted by Gasteiger charge is -2.19. The molecule has 0 unspecified atom stereocenters. The summed E-state index contributed by atoms with van der Waals surface area (Å²) in [6, 6.07) is 5.25. The molecule has 1 amide bonds. The zero-order valence-electron chi connectivity index (χ0n) is 18.2. The lowest BCUT2D eigenvalue weighted by Crippen LogP contribution is -2.25. The minimum absolute atomic E-state index is 0.00539. The highest BCUT2D eigenvalue weighted by Gasteiger charge is 2.36. The molecule has 11 heteroatoms. The molecule has 178 valence electrons. The number of alkyl halides is 3. The Hall–Kier alpha value is -2.69. The predicted molar refractivity (Wildman–Crippen MR) is 126 cm³/mol. The first-order valence-electron chi connectivity index (χ1n) is 10.8. The van der Waals surface area contributed by atoms with Gasteiger partial charge in [-0.2, -0.15) is 13.2 Å². The van der Waals surface area contributed by atoms with Crippen LogP contribution in [0.4, 0.5) is 24.8 Å². The zero-order chi connectivity index (χ0) is 24.0. The van der Waals surface area contributed by atoms with Gasteiger partial charge in [0.15, 0.2) is 0 Å². The number of carbonyl (C=O) groups excluding carboxylic acids is 1. The Morgan fingerprint density at radius 2 is 2.03 bits per heavy atom. The topological polar surface area (TPSA) is 70.2 Å². The molecule has 0 bridgehead atoms. The number of hydrogen-bond donors (Lipinski definition) is 2. The van der Waals surface area contributed by atoms with Gasteiger partial charge in [0.25, 0.3) is 5.91 Å². The van der Waals surface area contributed by atoms with Gasteiger partial charge in [0.1, 0.15) is 5.56 Å². The van der Waals surface area contributed by atoms with E-state index < -0.39 is 11.7 Å². The van der Waals surface area contributed by atoms with E-state index in [0.29, 0.717) is 35.8 Å². The Morgan fingerprint density at radius 3 is 2.82 bits per heavy atom. The van der Waals surface area contributed by atoms with Gasteiger partial charge in [-0.3, -0.25) is 4.79 Å². The molecule has 0 spiro atoms. The highest BCUT2D eigenvalue weighted by Crippen LogP contribution is 2.41. The lowest BCUT2D eigenvalue weighted by molar-refractivity contribution is -0.137. The molecule has 2 aliphatic rings. The van der Waals surface area contributed by atoms with E-state index in [4.69, 9.17) is 11.6 Å². The monoisotopic (exact) mass is 507 g/mol. The fourth-order valence-corrected chi connectivity index (χ4v) is 5.68. The Balaban J connectivity index is 1.55. The molecule has 0 saturated carbocycles. The van der Waals surface area contributed by atoms with Gasteiger partial charge in [-0.25, -0.2) is 9.97 Å². The quantitative estimate of drug-likeness (QED) is 0.504. The average molecular weight is 508 g/mol. The third kappa shape index (κ3) is 4.37. The van der Waals surface area contributed by atoms with E-state index in [9.17, 15) is 18.0 Å². The summed E-state index contributed by atoms with van der Waals surface area (Å²) in [6.07, 6.45) is -1.66. The van der Waals surface area contributed by atoms with Gasteiger partial charge >= 0.3 is 6.18 Å². The van der Waals surface area contributed by atoms with Crippen molar-refractivity contribution in [1.29, 1.82) is 0 Å². The average Bonchev–Trinajstić information content (AvgIpc) is 3.17. The van der Waals surface area contributed by atoms with Crippen LogP contribution >= 0.6 is 22.9 Å². The van der Waals surface area contributed by atoms with E-state index in [1.54, 1.807) is 11.9 Å². The van der Waals surface area contributed by atoms with Crippen molar-refractivity contribution in [3.05, 3.63) is 56.5 Å². The van der Waals surface area contributed by atoms with E-state index in [1.165, 1.54) is 17.4 Å². The standard InChI is InChI=1S/C23H21ClF3N5OS/c1-32-6-2-3-18-14(21(32)33)9-19(34-18)20-15(23(25,26)27)11-29-22(31-20)30-17-8-12-4-5-28-10-13(12)7-16(17)24/h7-9,11,28H,2-6,10H2,1H3,(H,29,30,31). The number of nitrogens with zero attached hydrogens (tertiary/aromatic N) is 3. The highest BCUT2D eigenvalue weighted by atomic mass is 35.5. The molecular formula is C23H21ClF3N5OS. The van der Waals surface area contributed by atoms with Crippen LogP contribution in [-0.2, 0) is 25.6 Å².